The molecule has 1 heterocycles. The first-order valence-electron chi connectivity index (χ1n) is 6.66. The van der Waals surface area contributed by atoms with Crippen LogP contribution >= 0.6 is 0 Å². The highest BCUT2D eigenvalue weighted by Gasteiger charge is 2.26. The predicted octanol–water partition coefficient (Wildman–Crippen LogP) is 1.42. The lowest BCUT2D eigenvalue weighted by Gasteiger charge is -2.22. The third kappa shape index (κ3) is 3.26. The molecule has 4 N–H and O–H groups in total. The minimum Gasteiger partial charge on any atom is -0.444 e. The van der Waals surface area contributed by atoms with E-state index in [4.69, 9.17) is 10.5 Å². The maximum absolute atomic E-state index is 11.8. The molecule has 6 heteroatoms. The summed E-state index contributed by atoms with van der Waals surface area (Å²) in [6.07, 6.45) is 2.68. The molecule has 1 aromatic heterocycles. The lowest BCUT2D eigenvalue weighted by atomic mass is 10.1. The number of amides is 1. The highest BCUT2D eigenvalue weighted by molar-refractivity contribution is 5.68. The number of carbonyl (C=O) groups is 1. The van der Waals surface area contributed by atoms with Crippen LogP contribution in [-0.4, -0.2) is 28.4 Å². The van der Waals surface area contributed by atoms with Crippen LogP contribution in [0.1, 0.15) is 50.2 Å². The van der Waals surface area contributed by atoms with Crippen LogP contribution < -0.4 is 11.1 Å². The van der Waals surface area contributed by atoms with Crippen molar-refractivity contribution in [1.82, 2.24) is 15.5 Å². The van der Waals surface area contributed by atoms with E-state index in [0.29, 0.717) is 6.54 Å². The Labute approximate surface area is 113 Å². The lowest BCUT2D eigenvalue weighted by Crippen LogP contribution is -2.38. The third-order valence-electron chi connectivity index (χ3n) is 3.10. The van der Waals surface area contributed by atoms with Gasteiger partial charge in [0.05, 0.1) is 11.7 Å². The first-order chi connectivity index (χ1) is 8.90. The Morgan fingerprint density at radius 2 is 2.26 bits per heavy atom. The molecule has 0 aliphatic heterocycles. The molecule has 19 heavy (non-hydrogen) atoms. The molecule has 2 rings (SSSR count). The number of hydrogen-bond donors (Lipinski definition) is 3. The summed E-state index contributed by atoms with van der Waals surface area (Å²) in [6.45, 7) is 5.79. The quantitative estimate of drug-likeness (QED) is 0.771. The molecular formula is C13H22N4O2. The van der Waals surface area contributed by atoms with Crippen molar-refractivity contribution in [2.24, 2.45) is 5.73 Å². The molecule has 1 amide bonds. The van der Waals surface area contributed by atoms with E-state index < -0.39 is 11.7 Å². The van der Waals surface area contributed by atoms with Crippen molar-refractivity contribution in [3.05, 3.63) is 17.0 Å². The van der Waals surface area contributed by atoms with Gasteiger partial charge in [-0.2, -0.15) is 5.10 Å². The van der Waals surface area contributed by atoms with Gasteiger partial charge in [-0.05, 0) is 45.6 Å². The maximum atomic E-state index is 11.8. The molecule has 1 aliphatic rings. The van der Waals surface area contributed by atoms with Crippen molar-refractivity contribution in [2.45, 2.75) is 51.7 Å². The third-order valence-corrected chi connectivity index (χ3v) is 3.10. The zero-order valence-corrected chi connectivity index (χ0v) is 11.7. The van der Waals surface area contributed by atoms with Gasteiger partial charge in [0.2, 0.25) is 0 Å². The topological polar surface area (TPSA) is 93.0 Å². The van der Waals surface area contributed by atoms with Gasteiger partial charge in [-0.25, -0.2) is 4.79 Å². The van der Waals surface area contributed by atoms with Crippen LogP contribution in [0.3, 0.4) is 0 Å². The van der Waals surface area contributed by atoms with Crippen molar-refractivity contribution < 1.29 is 9.53 Å². The minimum absolute atomic E-state index is 0.298. The van der Waals surface area contributed by atoms with Crippen LogP contribution in [0.25, 0.3) is 0 Å². The number of nitrogens with one attached hydrogen (secondary N) is 2. The molecule has 0 spiro atoms. The van der Waals surface area contributed by atoms with Crippen molar-refractivity contribution in [2.75, 3.05) is 6.54 Å². The highest BCUT2D eigenvalue weighted by Crippen LogP contribution is 2.26. The van der Waals surface area contributed by atoms with Crippen molar-refractivity contribution in [3.8, 4) is 0 Å². The van der Waals surface area contributed by atoms with Crippen molar-refractivity contribution in [1.29, 1.82) is 0 Å². The second kappa shape index (κ2) is 5.21. The van der Waals surface area contributed by atoms with Gasteiger partial charge in [-0.1, -0.05) is 0 Å². The summed E-state index contributed by atoms with van der Waals surface area (Å²) < 4.78 is 5.24. The number of nitrogens with zero attached hydrogens (tertiary/aromatic N) is 1. The standard InChI is InChI=1S/C13H22N4O2/c1-13(2,3)19-12(18)15-10(7-14)11-8-5-4-6-9(8)16-17-11/h10H,4-7,14H2,1-3H3,(H,15,18)(H,16,17). The van der Waals surface area contributed by atoms with E-state index in [1.54, 1.807) is 0 Å². The van der Waals surface area contributed by atoms with Gasteiger partial charge in [0.25, 0.3) is 0 Å². The summed E-state index contributed by atoms with van der Waals surface area (Å²) in [5.41, 5.74) is 8.44. The fraction of sp³-hybridized carbons (Fsp3) is 0.692. The molecule has 0 bridgehead atoms. The fourth-order valence-electron chi connectivity index (χ4n) is 2.32. The molecule has 0 fully saturated rings. The normalized spacial score (nSPS) is 16.0. The Kier molecular flexibility index (Phi) is 3.80. The Morgan fingerprint density at radius 1 is 1.53 bits per heavy atom. The number of nitrogens with two attached hydrogens (primary N) is 1. The van der Waals surface area contributed by atoms with E-state index in [2.05, 4.69) is 15.5 Å². The Hall–Kier alpha value is -1.56. The van der Waals surface area contributed by atoms with E-state index >= 15 is 0 Å². The zero-order chi connectivity index (χ0) is 14.0. The lowest BCUT2D eigenvalue weighted by molar-refractivity contribution is 0.0504. The number of aromatic amines is 1. The monoisotopic (exact) mass is 266 g/mol. The first-order valence-corrected chi connectivity index (χ1v) is 6.66. The number of hydrogen-bond acceptors (Lipinski definition) is 4. The zero-order valence-electron chi connectivity index (χ0n) is 11.7. The SMILES string of the molecule is CC(C)(C)OC(=O)NC(CN)c1n[nH]c2c1CCC2. The molecule has 1 aliphatic carbocycles. The number of rotatable bonds is 3. The molecule has 1 aromatic rings. The van der Waals surface area contributed by atoms with Crippen LogP contribution in [0.5, 0.6) is 0 Å². The summed E-state index contributed by atoms with van der Waals surface area (Å²) in [5.74, 6) is 0. The van der Waals surface area contributed by atoms with Crippen molar-refractivity contribution in [3.63, 3.8) is 0 Å². The Bertz CT molecular complexity index is 462. The molecule has 0 aromatic carbocycles. The van der Waals surface area contributed by atoms with E-state index in [1.165, 1.54) is 11.3 Å². The second-order valence-corrected chi connectivity index (χ2v) is 5.85. The predicted molar refractivity (Wildman–Crippen MR) is 71.8 cm³/mol. The van der Waals surface area contributed by atoms with Crippen LogP contribution in [0, 0.1) is 0 Å². The number of ether oxygens (including phenoxy) is 1. The van der Waals surface area contributed by atoms with Gasteiger partial charge in [-0.3, -0.25) is 5.10 Å². The van der Waals surface area contributed by atoms with E-state index in [9.17, 15) is 4.79 Å². The highest BCUT2D eigenvalue weighted by atomic mass is 16.6. The van der Waals surface area contributed by atoms with E-state index in [-0.39, 0.29) is 6.04 Å². The van der Waals surface area contributed by atoms with Gasteiger partial charge in [0.1, 0.15) is 5.60 Å². The van der Waals surface area contributed by atoms with Gasteiger partial charge in [-0.15, -0.1) is 0 Å². The molecule has 0 saturated heterocycles. The maximum Gasteiger partial charge on any atom is 0.408 e. The smallest absolute Gasteiger partial charge is 0.408 e. The average molecular weight is 266 g/mol. The summed E-state index contributed by atoms with van der Waals surface area (Å²) in [7, 11) is 0. The number of fused-ring (bicyclic) bond motifs is 1. The summed E-state index contributed by atoms with van der Waals surface area (Å²) in [4.78, 5) is 11.8. The number of alkyl carbamates (subject to hydrolysis) is 1. The van der Waals surface area contributed by atoms with Crippen molar-refractivity contribution >= 4 is 6.09 Å². The van der Waals surface area contributed by atoms with E-state index in [0.717, 1.165) is 25.0 Å². The second-order valence-electron chi connectivity index (χ2n) is 5.85. The molecule has 0 radical (unpaired) electrons. The number of carbonyl (C=O) groups excluding carboxylic acids is 1. The summed E-state index contributed by atoms with van der Waals surface area (Å²) in [6, 6.07) is -0.298. The summed E-state index contributed by atoms with van der Waals surface area (Å²) >= 11 is 0. The average Bonchev–Trinajstić information content (AvgIpc) is 2.85. The molecule has 1 atom stereocenters. The Balaban J connectivity index is 2.06. The van der Waals surface area contributed by atoms with Crippen LogP contribution in [0.4, 0.5) is 4.79 Å². The van der Waals surface area contributed by atoms with Crippen LogP contribution in [0.15, 0.2) is 0 Å². The van der Waals surface area contributed by atoms with Crippen LogP contribution in [-0.2, 0) is 17.6 Å². The number of aromatic nitrogens is 2. The minimum atomic E-state index is -0.517. The number of H-pyrrole nitrogens is 1. The van der Waals surface area contributed by atoms with E-state index in [1.807, 2.05) is 20.8 Å². The van der Waals surface area contributed by atoms with Gasteiger partial charge in [0, 0.05) is 12.2 Å². The van der Waals surface area contributed by atoms with Crippen LogP contribution in [0.2, 0.25) is 0 Å². The molecule has 6 nitrogen and oxygen atoms in total. The fourth-order valence-corrected chi connectivity index (χ4v) is 2.32. The molecule has 106 valence electrons. The molecule has 0 saturated carbocycles. The Morgan fingerprint density at radius 3 is 2.89 bits per heavy atom. The molecular weight excluding hydrogens is 244 g/mol. The number of aryl methyl sites for hydroxylation is 1. The largest absolute Gasteiger partial charge is 0.444 e. The first kappa shape index (κ1) is 13.9. The van der Waals surface area contributed by atoms with Gasteiger partial charge in [0.15, 0.2) is 0 Å². The van der Waals surface area contributed by atoms with Gasteiger partial charge < -0.3 is 15.8 Å². The summed E-state index contributed by atoms with van der Waals surface area (Å²) in [5, 5.41) is 10.1. The molecule has 1 unspecified atom stereocenters. The van der Waals surface area contributed by atoms with Gasteiger partial charge >= 0.3 is 6.09 Å².